The smallest absolute Gasteiger partial charge is 0.191 e. The highest BCUT2D eigenvalue weighted by Crippen LogP contribution is 2.07. The number of guanidine groups is 1. The molecule has 2 heterocycles. The van der Waals surface area contributed by atoms with Crippen molar-refractivity contribution >= 4 is 17.3 Å². The molecule has 0 radical (unpaired) electrons. The Hall–Kier alpha value is -1.18. The number of nitrogens with one attached hydrogen (secondary N) is 2. The van der Waals surface area contributed by atoms with Crippen molar-refractivity contribution < 1.29 is 9.47 Å². The van der Waals surface area contributed by atoms with Crippen LogP contribution in [0.5, 0.6) is 0 Å². The monoisotopic (exact) mass is 298 g/mol. The van der Waals surface area contributed by atoms with E-state index in [2.05, 4.69) is 26.0 Å². The Balaban J connectivity index is 1.64. The second-order valence-corrected chi connectivity index (χ2v) is 5.62. The number of aliphatic imine (C=N–C) groups is 1. The largest absolute Gasteiger partial charge is 0.376 e. The minimum atomic E-state index is 0.100. The maximum Gasteiger partial charge on any atom is 0.191 e. The first-order valence-corrected chi connectivity index (χ1v) is 7.71. The molecule has 0 saturated carbocycles. The van der Waals surface area contributed by atoms with Gasteiger partial charge in [-0.1, -0.05) is 0 Å². The molecule has 1 aromatic rings. The van der Waals surface area contributed by atoms with Gasteiger partial charge in [0.1, 0.15) is 0 Å². The molecule has 20 heavy (non-hydrogen) atoms. The van der Waals surface area contributed by atoms with E-state index in [1.807, 2.05) is 6.92 Å². The van der Waals surface area contributed by atoms with E-state index in [0.717, 1.165) is 29.6 Å². The van der Waals surface area contributed by atoms with Gasteiger partial charge >= 0.3 is 0 Å². The van der Waals surface area contributed by atoms with Crippen LogP contribution in [-0.4, -0.2) is 57.0 Å². The van der Waals surface area contributed by atoms with E-state index in [-0.39, 0.29) is 6.10 Å². The molecule has 1 unspecified atom stereocenters. The molecule has 1 fully saturated rings. The average molecular weight is 298 g/mol. The first kappa shape index (κ1) is 15.2. The lowest BCUT2D eigenvalue weighted by Gasteiger charge is -2.24. The van der Waals surface area contributed by atoms with Crippen LogP contribution in [0.3, 0.4) is 0 Å². The Morgan fingerprint density at radius 1 is 1.50 bits per heavy atom. The quantitative estimate of drug-likeness (QED) is 0.615. The van der Waals surface area contributed by atoms with Gasteiger partial charge in [0.2, 0.25) is 0 Å². The molecule has 0 amide bonds. The Morgan fingerprint density at radius 2 is 2.40 bits per heavy atom. The number of aryl methyl sites for hydroxylation is 1. The molecule has 1 aromatic heterocycles. The third-order valence-corrected chi connectivity index (χ3v) is 3.77. The lowest BCUT2D eigenvalue weighted by molar-refractivity contribution is -0.0850. The van der Waals surface area contributed by atoms with E-state index in [4.69, 9.17) is 9.47 Å². The molecule has 2 rings (SSSR count). The summed E-state index contributed by atoms with van der Waals surface area (Å²) >= 11 is 1.68. The van der Waals surface area contributed by atoms with E-state index in [1.165, 1.54) is 0 Å². The maximum atomic E-state index is 5.57. The summed E-state index contributed by atoms with van der Waals surface area (Å²) in [6.07, 6.45) is 0.997. The predicted molar refractivity (Wildman–Crippen MR) is 80.5 cm³/mol. The summed E-state index contributed by atoms with van der Waals surface area (Å²) in [4.78, 5) is 8.62. The van der Waals surface area contributed by atoms with Crippen molar-refractivity contribution in [2.45, 2.75) is 19.4 Å². The van der Waals surface area contributed by atoms with Gasteiger partial charge in [-0.2, -0.15) is 0 Å². The lowest BCUT2D eigenvalue weighted by atomic mass is 10.3. The number of ether oxygens (including phenoxy) is 2. The zero-order chi connectivity index (χ0) is 14.2. The van der Waals surface area contributed by atoms with Crippen LogP contribution in [0.4, 0.5) is 0 Å². The highest BCUT2D eigenvalue weighted by Gasteiger charge is 2.14. The standard InChI is InChI=1S/C13H22N4O2S/c1-10-17-11(9-20-10)3-4-15-13(14-2)16-7-12-8-18-5-6-19-12/h9,12H,3-8H2,1-2H3,(H2,14,15,16). The predicted octanol–water partition coefficient (Wildman–Crippen LogP) is 0.574. The first-order valence-electron chi connectivity index (χ1n) is 6.83. The van der Waals surface area contributed by atoms with Crippen LogP contribution in [0.2, 0.25) is 0 Å². The number of hydrogen-bond acceptors (Lipinski definition) is 5. The van der Waals surface area contributed by atoms with E-state index in [1.54, 1.807) is 18.4 Å². The fourth-order valence-electron chi connectivity index (χ4n) is 1.92. The molecule has 2 N–H and O–H groups in total. The van der Waals surface area contributed by atoms with Crippen molar-refractivity contribution in [1.82, 2.24) is 15.6 Å². The van der Waals surface area contributed by atoms with Crippen LogP contribution in [-0.2, 0) is 15.9 Å². The number of hydrogen-bond donors (Lipinski definition) is 2. The summed E-state index contributed by atoms with van der Waals surface area (Å²) in [5.41, 5.74) is 1.12. The van der Waals surface area contributed by atoms with Crippen molar-refractivity contribution in [2.24, 2.45) is 4.99 Å². The molecule has 1 aliphatic heterocycles. The Morgan fingerprint density at radius 3 is 3.05 bits per heavy atom. The normalized spacial score (nSPS) is 19.9. The second kappa shape index (κ2) is 8.18. The van der Waals surface area contributed by atoms with E-state index in [9.17, 15) is 0 Å². The molecule has 6 nitrogen and oxygen atoms in total. The molecule has 1 atom stereocenters. The van der Waals surface area contributed by atoms with Crippen LogP contribution >= 0.6 is 11.3 Å². The number of aromatic nitrogens is 1. The zero-order valence-corrected chi connectivity index (χ0v) is 12.8. The Kier molecular flexibility index (Phi) is 6.23. The molecule has 7 heteroatoms. The SMILES string of the molecule is CN=C(NCCc1csc(C)n1)NCC1COCCO1. The van der Waals surface area contributed by atoms with Gasteiger partial charge in [-0.3, -0.25) is 4.99 Å². The Labute approximate surface area is 123 Å². The van der Waals surface area contributed by atoms with Crippen LogP contribution in [0.1, 0.15) is 10.7 Å². The maximum absolute atomic E-state index is 5.57. The number of rotatable bonds is 5. The van der Waals surface area contributed by atoms with Gasteiger partial charge in [0.25, 0.3) is 0 Å². The van der Waals surface area contributed by atoms with Crippen LogP contribution in [0.25, 0.3) is 0 Å². The van der Waals surface area contributed by atoms with Crippen molar-refractivity contribution in [1.29, 1.82) is 0 Å². The molecule has 0 spiro atoms. The zero-order valence-electron chi connectivity index (χ0n) is 12.0. The van der Waals surface area contributed by atoms with Crippen molar-refractivity contribution in [2.75, 3.05) is 40.0 Å². The van der Waals surface area contributed by atoms with Gasteiger partial charge in [0, 0.05) is 31.9 Å². The minimum absolute atomic E-state index is 0.100. The minimum Gasteiger partial charge on any atom is -0.376 e. The van der Waals surface area contributed by atoms with E-state index >= 15 is 0 Å². The number of thiazole rings is 1. The lowest BCUT2D eigenvalue weighted by Crippen LogP contribution is -2.45. The summed E-state index contributed by atoms with van der Waals surface area (Å²) in [7, 11) is 1.76. The molecule has 0 bridgehead atoms. The van der Waals surface area contributed by atoms with Crippen molar-refractivity contribution in [3.05, 3.63) is 16.1 Å². The van der Waals surface area contributed by atoms with E-state index in [0.29, 0.717) is 26.4 Å². The van der Waals surface area contributed by atoms with Crippen LogP contribution in [0.15, 0.2) is 10.4 Å². The highest BCUT2D eigenvalue weighted by atomic mass is 32.1. The molecular formula is C13H22N4O2S. The molecule has 1 saturated heterocycles. The third kappa shape index (κ3) is 5.07. The molecular weight excluding hydrogens is 276 g/mol. The molecule has 0 aromatic carbocycles. The fourth-order valence-corrected chi connectivity index (χ4v) is 2.56. The highest BCUT2D eigenvalue weighted by molar-refractivity contribution is 7.09. The summed E-state index contributed by atoms with van der Waals surface area (Å²) < 4.78 is 10.9. The van der Waals surface area contributed by atoms with Crippen molar-refractivity contribution in [3.8, 4) is 0 Å². The topological polar surface area (TPSA) is 67.8 Å². The van der Waals surface area contributed by atoms with Gasteiger partial charge in [-0.25, -0.2) is 4.98 Å². The molecule has 0 aliphatic carbocycles. The van der Waals surface area contributed by atoms with Crippen LogP contribution < -0.4 is 10.6 Å². The molecule has 1 aliphatic rings. The van der Waals surface area contributed by atoms with E-state index < -0.39 is 0 Å². The Bertz CT molecular complexity index is 430. The fraction of sp³-hybridized carbons (Fsp3) is 0.692. The summed E-state index contributed by atoms with van der Waals surface area (Å²) in [5, 5.41) is 9.73. The second-order valence-electron chi connectivity index (χ2n) is 4.56. The van der Waals surface area contributed by atoms with Crippen LogP contribution in [0, 0.1) is 6.92 Å². The van der Waals surface area contributed by atoms with Gasteiger partial charge in [-0.15, -0.1) is 11.3 Å². The van der Waals surface area contributed by atoms with Gasteiger partial charge < -0.3 is 20.1 Å². The van der Waals surface area contributed by atoms with Gasteiger partial charge in [0.15, 0.2) is 5.96 Å². The first-order chi connectivity index (χ1) is 9.78. The van der Waals surface area contributed by atoms with Gasteiger partial charge in [0.05, 0.1) is 36.6 Å². The summed E-state index contributed by atoms with van der Waals surface area (Å²) in [6, 6.07) is 0. The van der Waals surface area contributed by atoms with Gasteiger partial charge in [-0.05, 0) is 6.92 Å². The van der Waals surface area contributed by atoms with Crippen molar-refractivity contribution in [3.63, 3.8) is 0 Å². The molecule has 112 valence electrons. The number of nitrogens with zero attached hydrogens (tertiary/aromatic N) is 2. The average Bonchev–Trinajstić information content (AvgIpc) is 2.89. The summed E-state index contributed by atoms with van der Waals surface area (Å²) in [5.74, 6) is 0.783. The summed E-state index contributed by atoms with van der Waals surface area (Å²) in [6.45, 7) is 5.54. The third-order valence-electron chi connectivity index (χ3n) is 2.95.